The van der Waals surface area contributed by atoms with Crippen molar-refractivity contribution in [2.24, 2.45) is 5.41 Å². The van der Waals surface area contributed by atoms with Crippen LogP contribution in [0.15, 0.2) is 12.1 Å². The van der Waals surface area contributed by atoms with Crippen LogP contribution < -0.4 is 0 Å². The first-order valence-corrected chi connectivity index (χ1v) is 9.27. The minimum absolute atomic E-state index is 0.0295. The molecule has 0 spiro atoms. The highest BCUT2D eigenvalue weighted by Gasteiger charge is 2.36. The average molecular weight is 382 g/mol. The van der Waals surface area contributed by atoms with Gasteiger partial charge < -0.3 is 4.90 Å². The lowest BCUT2D eigenvalue weighted by Gasteiger charge is -2.35. The highest BCUT2D eigenvalue weighted by molar-refractivity contribution is 5.81. The molecule has 1 saturated heterocycles. The molecule has 1 fully saturated rings. The van der Waals surface area contributed by atoms with E-state index in [4.69, 9.17) is 0 Å². The number of likely N-dealkylation sites (tertiary alicyclic amines) is 1. The standard InChI is InChI=1S/C19H25F3N4O/c1-5-13-10-15(19(20,21)22)26-16(23-13)11-14(24-26)12-6-8-25(9-7-12)17(27)18(2,3)4/h10-12H,5-9H2,1-4H3. The molecule has 1 amide bonds. The van der Waals surface area contributed by atoms with Crippen LogP contribution in [-0.4, -0.2) is 38.5 Å². The summed E-state index contributed by atoms with van der Waals surface area (Å²) in [5.41, 5.74) is 0.00895. The average Bonchev–Trinajstić information content (AvgIpc) is 3.02. The van der Waals surface area contributed by atoms with E-state index in [0.717, 1.165) is 10.6 Å². The minimum Gasteiger partial charge on any atom is -0.342 e. The zero-order valence-corrected chi connectivity index (χ0v) is 16.1. The topological polar surface area (TPSA) is 50.5 Å². The highest BCUT2D eigenvalue weighted by atomic mass is 19.4. The Morgan fingerprint density at radius 1 is 1.19 bits per heavy atom. The lowest BCUT2D eigenvalue weighted by Crippen LogP contribution is -2.43. The number of aryl methyl sites for hydroxylation is 1. The van der Waals surface area contributed by atoms with Crippen molar-refractivity contribution in [1.29, 1.82) is 0 Å². The van der Waals surface area contributed by atoms with E-state index in [2.05, 4.69) is 10.1 Å². The Morgan fingerprint density at radius 3 is 2.33 bits per heavy atom. The van der Waals surface area contributed by atoms with Crippen LogP contribution in [0.3, 0.4) is 0 Å². The number of aromatic nitrogens is 3. The maximum absolute atomic E-state index is 13.4. The molecule has 8 heteroatoms. The molecule has 5 nitrogen and oxygen atoms in total. The van der Waals surface area contributed by atoms with Crippen molar-refractivity contribution >= 4 is 11.6 Å². The second-order valence-corrected chi connectivity index (χ2v) is 8.14. The predicted molar refractivity (Wildman–Crippen MR) is 95.4 cm³/mol. The van der Waals surface area contributed by atoms with Gasteiger partial charge in [-0.2, -0.15) is 18.3 Å². The first-order chi connectivity index (χ1) is 12.5. The van der Waals surface area contributed by atoms with E-state index in [0.29, 0.717) is 43.7 Å². The second kappa shape index (κ2) is 6.80. The molecule has 0 radical (unpaired) electrons. The summed E-state index contributed by atoms with van der Waals surface area (Å²) in [6.45, 7) is 8.62. The molecule has 1 aliphatic heterocycles. The predicted octanol–water partition coefficient (Wildman–Crippen LogP) is 4.06. The van der Waals surface area contributed by atoms with Crippen molar-refractivity contribution in [3.05, 3.63) is 29.2 Å². The number of halogens is 3. The van der Waals surface area contributed by atoms with Gasteiger partial charge in [0.15, 0.2) is 5.65 Å². The van der Waals surface area contributed by atoms with Gasteiger partial charge in [0.2, 0.25) is 5.91 Å². The Hall–Kier alpha value is -2.12. The number of amides is 1. The van der Waals surface area contributed by atoms with Gasteiger partial charge in [-0.1, -0.05) is 27.7 Å². The number of hydrogen-bond donors (Lipinski definition) is 0. The molecular weight excluding hydrogens is 357 g/mol. The lowest BCUT2D eigenvalue weighted by atomic mass is 9.90. The monoisotopic (exact) mass is 382 g/mol. The fourth-order valence-corrected chi connectivity index (χ4v) is 3.48. The molecule has 27 heavy (non-hydrogen) atoms. The van der Waals surface area contributed by atoms with Gasteiger partial charge in [-0.25, -0.2) is 9.50 Å². The number of carbonyl (C=O) groups excluding carboxylic acids is 1. The molecule has 1 aliphatic rings. The Balaban J connectivity index is 1.86. The summed E-state index contributed by atoms with van der Waals surface area (Å²) in [4.78, 5) is 18.5. The Morgan fingerprint density at radius 2 is 1.81 bits per heavy atom. The van der Waals surface area contributed by atoms with Crippen molar-refractivity contribution in [2.45, 2.75) is 59.1 Å². The maximum atomic E-state index is 13.4. The van der Waals surface area contributed by atoms with Crippen LogP contribution >= 0.6 is 0 Å². The van der Waals surface area contributed by atoms with E-state index in [1.807, 2.05) is 25.7 Å². The number of rotatable bonds is 2. The molecular formula is C19H25F3N4O. The molecule has 2 aromatic rings. The highest BCUT2D eigenvalue weighted by Crippen LogP contribution is 2.33. The quantitative estimate of drug-likeness (QED) is 0.787. The molecule has 0 atom stereocenters. The van der Waals surface area contributed by atoms with Crippen molar-refractivity contribution in [1.82, 2.24) is 19.5 Å². The number of fused-ring (bicyclic) bond motifs is 1. The van der Waals surface area contributed by atoms with Gasteiger partial charge in [-0.05, 0) is 25.3 Å². The third-order valence-electron chi connectivity index (χ3n) is 4.99. The second-order valence-electron chi connectivity index (χ2n) is 8.14. The molecule has 148 valence electrons. The van der Waals surface area contributed by atoms with Crippen molar-refractivity contribution < 1.29 is 18.0 Å². The number of piperidine rings is 1. The molecule has 0 bridgehead atoms. The largest absolute Gasteiger partial charge is 0.433 e. The van der Waals surface area contributed by atoms with E-state index in [-0.39, 0.29) is 17.5 Å². The summed E-state index contributed by atoms with van der Waals surface area (Å²) in [6, 6.07) is 2.72. The van der Waals surface area contributed by atoms with E-state index in [1.54, 1.807) is 13.0 Å². The smallest absolute Gasteiger partial charge is 0.342 e. The van der Waals surface area contributed by atoms with Crippen LogP contribution in [0.25, 0.3) is 5.65 Å². The molecule has 0 saturated carbocycles. The van der Waals surface area contributed by atoms with Gasteiger partial charge in [0, 0.05) is 36.2 Å². The van der Waals surface area contributed by atoms with Gasteiger partial charge in [-0.15, -0.1) is 0 Å². The first-order valence-electron chi connectivity index (χ1n) is 9.27. The third kappa shape index (κ3) is 3.94. The Bertz CT molecular complexity index is 843. The van der Waals surface area contributed by atoms with Crippen LogP contribution in [-0.2, 0) is 17.4 Å². The molecule has 3 rings (SSSR count). The van der Waals surface area contributed by atoms with E-state index < -0.39 is 17.3 Å². The molecule has 2 aromatic heterocycles. The summed E-state index contributed by atoms with van der Waals surface area (Å²) in [6.07, 6.45) is -2.69. The van der Waals surface area contributed by atoms with Crippen LogP contribution in [0.5, 0.6) is 0 Å². The molecule has 3 heterocycles. The van der Waals surface area contributed by atoms with E-state index >= 15 is 0 Å². The van der Waals surface area contributed by atoms with Gasteiger partial charge >= 0.3 is 6.18 Å². The Labute approximate surface area is 156 Å². The summed E-state index contributed by atoms with van der Waals surface area (Å²) in [5.74, 6) is 0.131. The van der Waals surface area contributed by atoms with E-state index in [9.17, 15) is 18.0 Å². The number of carbonyl (C=O) groups is 1. The number of hydrogen-bond acceptors (Lipinski definition) is 3. The van der Waals surface area contributed by atoms with Crippen molar-refractivity contribution in [3.8, 4) is 0 Å². The summed E-state index contributed by atoms with van der Waals surface area (Å²) in [7, 11) is 0. The zero-order valence-electron chi connectivity index (χ0n) is 16.1. The van der Waals surface area contributed by atoms with Gasteiger partial charge in [-0.3, -0.25) is 4.79 Å². The molecule has 0 unspecified atom stereocenters. The number of alkyl halides is 3. The lowest BCUT2D eigenvalue weighted by molar-refractivity contribution is -0.143. The normalized spacial score (nSPS) is 16.9. The van der Waals surface area contributed by atoms with Crippen LogP contribution in [0, 0.1) is 5.41 Å². The maximum Gasteiger partial charge on any atom is 0.433 e. The summed E-state index contributed by atoms with van der Waals surface area (Å²) < 4.78 is 41.1. The van der Waals surface area contributed by atoms with Crippen LogP contribution in [0.4, 0.5) is 13.2 Å². The van der Waals surface area contributed by atoms with Crippen LogP contribution in [0.2, 0.25) is 0 Å². The fraction of sp³-hybridized carbons (Fsp3) is 0.632. The molecule has 0 N–H and O–H groups in total. The zero-order chi connectivity index (χ0) is 20.0. The molecule has 0 aliphatic carbocycles. The first kappa shape index (κ1) is 19.6. The number of nitrogens with zero attached hydrogens (tertiary/aromatic N) is 4. The summed E-state index contributed by atoms with van der Waals surface area (Å²) >= 11 is 0. The van der Waals surface area contributed by atoms with Gasteiger partial charge in [0.1, 0.15) is 5.69 Å². The molecule has 0 aromatic carbocycles. The minimum atomic E-state index is -4.49. The van der Waals surface area contributed by atoms with Gasteiger partial charge in [0.05, 0.1) is 5.69 Å². The Kier molecular flexibility index (Phi) is 4.94. The van der Waals surface area contributed by atoms with Crippen LogP contribution in [0.1, 0.15) is 63.5 Å². The SMILES string of the molecule is CCc1cc(C(F)(F)F)n2nc(C3CCN(C(=O)C(C)(C)C)CC3)cc2n1. The van der Waals surface area contributed by atoms with E-state index in [1.165, 1.54) is 0 Å². The van der Waals surface area contributed by atoms with Gasteiger partial charge in [0.25, 0.3) is 0 Å². The third-order valence-corrected chi connectivity index (χ3v) is 4.99. The fourth-order valence-electron chi connectivity index (χ4n) is 3.48. The summed E-state index contributed by atoms with van der Waals surface area (Å²) in [5, 5.41) is 4.23. The van der Waals surface area contributed by atoms with Crippen molar-refractivity contribution in [2.75, 3.05) is 13.1 Å². The van der Waals surface area contributed by atoms with Crippen molar-refractivity contribution in [3.63, 3.8) is 0 Å².